The molecular weight excluding hydrogens is 318 g/mol. The molecule has 0 spiro atoms. The highest BCUT2D eigenvalue weighted by atomic mass is 16.7. The third kappa shape index (κ3) is 1.60. The predicted octanol–water partition coefficient (Wildman–Crippen LogP) is 2.59. The Bertz CT molecular complexity index is 850. The number of aromatic nitrogens is 1. The highest BCUT2D eigenvalue weighted by Crippen LogP contribution is 2.69. The van der Waals surface area contributed by atoms with Gasteiger partial charge in [0.15, 0.2) is 5.41 Å². The molecule has 2 saturated heterocycles. The summed E-state index contributed by atoms with van der Waals surface area (Å²) in [5, 5.41) is 38.5. The van der Waals surface area contributed by atoms with Crippen molar-refractivity contribution in [1.29, 1.82) is 21.2 Å². The molecule has 4 unspecified atom stereocenters. The zero-order chi connectivity index (χ0) is 17.7. The van der Waals surface area contributed by atoms with Gasteiger partial charge in [0, 0.05) is 24.4 Å². The van der Waals surface area contributed by atoms with Crippen molar-refractivity contribution >= 4 is 5.90 Å². The first kappa shape index (κ1) is 15.6. The molecule has 3 aliphatic rings. The molecule has 0 aromatic carbocycles. The average molecular weight is 333 g/mol. The largest absolute Gasteiger partial charge is 0.447 e. The molecule has 7 heteroatoms. The quantitative estimate of drug-likeness (QED) is 0.841. The predicted molar refractivity (Wildman–Crippen MR) is 83.3 cm³/mol. The van der Waals surface area contributed by atoms with Gasteiger partial charge in [-0.2, -0.15) is 15.8 Å². The van der Waals surface area contributed by atoms with Crippen LogP contribution >= 0.6 is 0 Å². The Labute approximate surface area is 144 Å². The molecule has 1 saturated carbocycles. The molecule has 1 N–H and O–H groups in total. The van der Waals surface area contributed by atoms with E-state index in [0.29, 0.717) is 18.4 Å². The smallest absolute Gasteiger partial charge is 0.217 e. The van der Waals surface area contributed by atoms with Crippen LogP contribution in [-0.4, -0.2) is 16.7 Å². The van der Waals surface area contributed by atoms with Gasteiger partial charge >= 0.3 is 0 Å². The van der Waals surface area contributed by atoms with Gasteiger partial charge in [-0.1, -0.05) is 12.5 Å². The number of rotatable bonds is 1. The molecule has 2 bridgehead atoms. The Morgan fingerprint density at radius 3 is 2.64 bits per heavy atom. The Balaban J connectivity index is 2.01. The van der Waals surface area contributed by atoms with E-state index in [1.54, 1.807) is 18.3 Å². The molecule has 0 radical (unpaired) electrons. The first-order valence-electron chi connectivity index (χ1n) is 8.20. The van der Waals surface area contributed by atoms with Crippen molar-refractivity contribution in [2.24, 2.45) is 16.7 Å². The van der Waals surface area contributed by atoms with Gasteiger partial charge in [0.2, 0.25) is 17.1 Å². The van der Waals surface area contributed by atoms with Crippen LogP contribution in [0.3, 0.4) is 0 Å². The molecule has 1 aromatic rings. The van der Waals surface area contributed by atoms with Gasteiger partial charge < -0.3 is 9.47 Å². The van der Waals surface area contributed by atoms with Gasteiger partial charge in [0.05, 0.1) is 24.1 Å². The Morgan fingerprint density at radius 2 is 2.00 bits per heavy atom. The number of nitrogens with zero attached hydrogens (tertiary/aromatic N) is 4. The number of pyridine rings is 1. The van der Waals surface area contributed by atoms with E-state index in [0.717, 1.165) is 12.8 Å². The van der Waals surface area contributed by atoms with E-state index in [4.69, 9.17) is 14.9 Å². The molecule has 4 rings (SSSR count). The first-order chi connectivity index (χ1) is 12.1. The first-order valence-corrected chi connectivity index (χ1v) is 8.20. The molecule has 2 aliphatic heterocycles. The number of ether oxygens (including phenoxy) is 2. The average Bonchev–Trinajstić information content (AvgIpc) is 2.87. The van der Waals surface area contributed by atoms with E-state index in [2.05, 4.69) is 11.1 Å². The van der Waals surface area contributed by atoms with Crippen LogP contribution in [0.25, 0.3) is 0 Å². The lowest BCUT2D eigenvalue weighted by Gasteiger charge is -2.51. The van der Waals surface area contributed by atoms with Crippen LogP contribution < -0.4 is 0 Å². The summed E-state index contributed by atoms with van der Waals surface area (Å²) in [5.74, 6) is -1.95. The molecule has 0 amide bonds. The number of nitrogens with one attached hydrogen (secondary N) is 1. The fourth-order valence-electron chi connectivity index (χ4n) is 4.69. The summed E-state index contributed by atoms with van der Waals surface area (Å²) in [4.78, 5) is 4.06. The van der Waals surface area contributed by atoms with Gasteiger partial charge in [-0.25, -0.2) is 0 Å². The number of nitriles is 3. The minimum atomic E-state index is -1.87. The molecule has 124 valence electrons. The highest BCUT2D eigenvalue weighted by Gasteiger charge is 2.80. The molecule has 1 aromatic heterocycles. The minimum absolute atomic E-state index is 0.323. The third-order valence-electron chi connectivity index (χ3n) is 5.80. The SMILES string of the molecule is N#CC1(C#N)C(c2cccnc2)OC23CCCCC2C1(C#N)C(=N)O3. The standard InChI is InChI=1S/C18H15N5O2/c19-9-16(10-20)14(12-4-3-7-23-8-12)24-18-6-2-1-5-13(18)17(16,11-21)15(22)25-18/h3-4,7-8,13-14,22H,1-2,5-6H2. The van der Waals surface area contributed by atoms with Crippen molar-refractivity contribution in [3.63, 3.8) is 0 Å². The van der Waals surface area contributed by atoms with Crippen LogP contribution in [0.1, 0.15) is 37.4 Å². The van der Waals surface area contributed by atoms with Crippen molar-refractivity contribution in [2.75, 3.05) is 0 Å². The van der Waals surface area contributed by atoms with E-state index < -0.39 is 28.6 Å². The van der Waals surface area contributed by atoms with Crippen molar-refractivity contribution in [2.45, 2.75) is 37.6 Å². The highest BCUT2D eigenvalue weighted by molar-refractivity contribution is 5.89. The second-order valence-corrected chi connectivity index (χ2v) is 6.78. The van der Waals surface area contributed by atoms with Crippen LogP contribution in [-0.2, 0) is 9.47 Å². The van der Waals surface area contributed by atoms with Gasteiger partial charge in [0.1, 0.15) is 6.10 Å². The maximum absolute atomic E-state index is 10.1. The summed E-state index contributed by atoms with van der Waals surface area (Å²) >= 11 is 0. The molecule has 3 fully saturated rings. The fourth-order valence-corrected chi connectivity index (χ4v) is 4.69. The zero-order valence-corrected chi connectivity index (χ0v) is 13.4. The van der Waals surface area contributed by atoms with Crippen LogP contribution in [0, 0.1) is 56.2 Å². The lowest BCUT2D eigenvalue weighted by molar-refractivity contribution is -0.294. The maximum Gasteiger partial charge on any atom is 0.217 e. The zero-order valence-electron chi connectivity index (χ0n) is 13.4. The summed E-state index contributed by atoms with van der Waals surface area (Å²) in [6.07, 6.45) is 4.92. The van der Waals surface area contributed by atoms with Gasteiger partial charge in [-0.15, -0.1) is 0 Å². The molecule has 4 atom stereocenters. The van der Waals surface area contributed by atoms with Crippen LogP contribution in [0.2, 0.25) is 0 Å². The second-order valence-electron chi connectivity index (χ2n) is 6.78. The normalized spacial score (nSPS) is 37.7. The Kier molecular flexibility index (Phi) is 3.13. The Morgan fingerprint density at radius 1 is 1.20 bits per heavy atom. The summed E-state index contributed by atoms with van der Waals surface area (Å²) in [7, 11) is 0. The van der Waals surface area contributed by atoms with E-state index >= 15 is 0 Å². The van der Waals surface area contributed by atoms with Gasteiger partial charge in [-0.3, -0.25) is 10.4 Å². The maximum atomic E-state index is 10.1. The van der Waals surface area contributed by atoms with Crippen molar-refractivity contribution in [1.82, 2.24) is 4.98 Å². The molecule has 25 heavy (non-hydrogen) atoms. The van der Waals surface area contributed by atoms with Crippen molar-refractivity contribution in [3.05, 3.63) is 30.1 Å². The molecule has 3 heterocycles. The van der Waals surface area contributed by atoms with Crippen molar-refractivity contribution in [3.8, 4) is 18.2 Å². The van der Waals surface area contributed by atoms with E-state index in [1.165, 1.54) is 6.20 Å². The van der Waals surface area contributed by atoms with Gasteiger partial charge in [0.25, 0.3) is 0 Å². The minimum Gasteiger partial charge on any atom is -0.447 e. The lowest BCUT2D eigenvalue weighted by atomic mass is 9.51. The summed E-state index contributed by atoms with van der Waals surface area (Å²) in [6, 6.07) is 9.63. The Hall–Kier alpha value is -2.95. The summed E-state index contributed by atoms with van der Waals surface area (Å²) < 4.78 is 12.0. The monoisotopic (exact) mass is 333 g/mol. The fraction of sp³-hybridized carbons (Fsp3) is 0.500. The second kappa shape index (κ2) is 5.02. The molecular formula is C18H15N5O2. The third-order valence-corrected chi connectivity index (χ3v) is 5.80. The topological polar surface area (TPSA) is 127 Å². The molecule has 7 nitrogen and oxygen atoms in total. The van der Waals surface area contributed by atoms with Crippen LogP contribution in [0.15, 0.2) is 24.5 Å². The van der Waals surface area contributed by atoms with Gasteiger partial charge in [-0.05, 0) is 18.9 Å². The molecule has 1 aliphatic carbocycles. The lowest BCUT2D eigenvalue weighted by Crippen LogP contribution is -2.60. The number of hydrogen-bond acceptors (Lipinski definition) is 7. The van der Waals surface area contributed by atoms with E-state index in [9.17, 15) is 15.8 Å². The number of hydrogen-bond donors (Lipinski definition) is 1. The van der Waals surface area contributed by atoms with E-state index in [-0.39, 0.29) is 5.90 Å². The van der Waals surface area contributed by atoms with Crippen molar-refractivity contribution < 1.29 is 9.47 Å². The summed E-state index contributed by atoms with van der Waals surface area (Å²) in [6.45, 7) is 0. The summed E-state index contributed by atoms with van der Waals surface area (Å²) in [5.41, 5.74) is -2.98. The van der Waals surface area contributed by atoms with Crippen LogP contribution in [0.5, 0.6) is 0 Å². The van der Waals surface area contributed by atoms with E-state index in [1.807, 2.05) is 12.1 Å². The van der Waals surface area contributed by atoms with Crippen LogP contribution in [0.4, 0.5) is 0 Å².